The van der Waals surface area contributed by atoms with Crippen LogP contribution in [-0.2, 0) is 17.9 Å². The molecule has 29 heavy (non-hydrogen) atoms. The monoisotopic (exact) mass is 448 g/mol. The molecule has 1 aromatic carbocycles. The summed E-state index contributed by atoms with van der Waals surface area (Å²) in [4.78, 5) is 15.3. The zero-order valence-electron chi connectivity index (χ0n) is 16.2. The molecule has 0 N–H and O–H groups in total. The Balaban J connectivity index is 1.73. The Morgan fingerprint density at radius 3 is 2.83 bits per heavy atom. The molecule has 6 nitrogen and oxygen atoms in total. The third-order valence-electron chi connectivity index (χ3n) is 4.15. The maximum atomic E-state index is 12.6. The number of thioether (sulfide) groups is 1. The Morgan fingerprint density at radius 1 is 1.34 bits per heavy atom. The van der Waals surface area contributed by atoms with Crippen molar-refractivity contribution in [2.75, 3.05) is 19.9 Å². The summed E-state index contributed by atoms with van der Waals surface area (Å²) in [6.45, 7) is 4.88. The number of amides is 1. The molecule has 0 unspecified atom stereocenters. The fourth-order valence-corrected chi connectivity index (χ4v) is 4.74. The average Bonchev–Trinajstić information content (AvgIpc) is 3.32. The van der Waals surface area contributed by atoms with Crippen molar-refractivity contribution in [1.29, 1.82) is 0 Å². The van der Waals surface area contributed by atoms with E-state index in [0.717, 1.165) is 14.8 Å². The van der Waals surface area contributed by atoms with Gasteiger partial charge in [-0.1, -0.05) is 41.6 Å². The molecule has 0 spiro atoms. The Morgan fingerprint density at radius 2 is 2.14 bits per heavy atom. The highest BCUT2D eigenvalue weighted by molar-refractivity contribution is 7.99. The van der Waals surface area contributed by atoms with Gasteiger partial charge in [0.05, 0.1) is 29.3 Å². The van der Waals surface area contributed by atoms with Crippen LogP contribution in [-0.4, -0.2) is 45.5 Å². The number of nitrogens with zero attached hydrogens (tertiary/aromatic N) is 4. The quantitative estimate of drug-likeness (QED) is 0.353. The molecule has 0 atom stereocenters. The largest absolute Gasteiger partial charge is 0.496 e. The summed E-state index contributed by atoms with van der Waals surface area (Å²) in [5.41, 5.74) is 0.842. The van der Waals surface area contributed by atoms with E-state index < -0.39 is 0 Å². The van der Waals surface area contributed by atoms with Gasteiger partial charge < -0.3 is 9.64 Å². The molecule has 2 heterocycles. The van der Waals surface area contributed by atoms with Gasteiger partial charge >= 0.3 is 0 Å². The number of thiophene rings is 1. The first-order valence-corrected chi connectivity index (χ1v) is 11.0. The molecule has 0 aliphatic rings. The fraction of sp³-hybridized carbons (Fsp3) is 0.250. The van der Waals surface area contributed by atoms with Crippen molar-refractivity contribution in [2.24, 2.45) is 0 Å². The molecule has 152 valence electrons. The van der Waals surface area contributed by atoms with Crippen LogP contribution >= 0.6 is 34.7 Å². The standard InChI is InChI=1S/C20H21ClN4O2S2/c1-4-11-25-19(15-7-5-6-8-16(15)27-3)22-23-20(25)28-13-18(26)24(2)12-14-9-10-17(21)29-14/h4-10H,1,11-13H2,2-3H3. The summed E-state index contributed by atoms with van der Waals surface area (Å²) in [6, 6.07) is 11.4. The number of aromatic nitrogens is 3. The number of carbonyl (C=O) groups is 1. The van der Waals surface area contributed by atoms with Crippen LogP contribution in [0.1, 0.15) is 4.88 Å². The maximum Gasteiger partial charge on any atom is 0.233 e. The molecule has 0 saturated carbocycles. The smallest absolute Gasteiger partial charge is 0.233 e. The number of hydrogen-bond donors (Lipinski definition) is 0. The number of ether oxygens (including phenoxy) is 1. The van der Waals surface area contributed by atoms with Crippen LogP contribution in [0, 0.1) is 0 Å². The second-order valence-corrected chi connectivity index (χ2v) is 8.89. The minimum atomic E-state index is 0.00603. The van der Waals surface area contributed by atoms with Crippen LogP contribution in [0.3, 0.4) is 0 Å². The molecule has 0 saturated heterocycles. The van der Waals surface area contributed by atoms with E-state index in [2.05, 4.69) is 16.8 Å². The van der Waals surface area contributed by atoms with E-state index in [4.69, 9.17) is 16.3 Å². The summed E-state index contributed by atoms with van der Waals surface area (Å²) in [7, 11) is 3.41. The van der Waals surface area contributed by atoms with Gasteiger partial charge in [-0.15, -0.1) is 28.1 Å². The summed E-state index contributed by atoms with van der Waals surface area (Å²) in [6.07, 6.45) is 1.78. The van der Waals surface area contributed by atoms with Gasteiger partial charge in [-0.3, -0.25) is 9.36 Å². The van der Waals surface area contributed by atoms with Gasteiger partial charge in [0.1, 0.15) is 5.75 Å². The van der Waals surface area contributed by atoms with E-state index in [1.165, 1.54) is 23.1 Å². The number of allylic oxidation sites excluding steroid dienone is 1. The molecule has 2 aromatic heterocycles. The highest BCUT2D eigenvalue weighted by Gasteiger charge is 2.18. The minimum Gasteiger partial charge on any atom is -0.496 e. The lowest BCUT2D eigenvalue weighted by atomic mass is 10.2. The number of hydrogen-bond acceptors (Lipinski definition) is 6. The molecule has 0 radical (unpaired) electrons. The van der Waals surface area contributed by atoms with Crippen molar-refractivity contribution in [1.82, 2.24) is 19.7 Å². The van der Waals surface area contributed by atoms with Crippen LogP contribution in [0.25, 0.3) is 11.4 Å². The predicted octanol–water partition coefficient (Wildman–Crippen LogP) is 4.61. The number of halogens is 1. The van der Waals surface area contributed by atoms with Crippen molar-refractivity contribution in [3.63, 3.8) is 0 Å². The van der Waals surface area contributed by atoms with Crippen molar-refractivity contribution >= 4 is 40.6 Å². The zero-order valence-corrected chi connectivity index (χ0v) is 18.6. The van der Waals surface area contributed by atoms with Gasteiger partial charge in [0.2, 0.25) is 5.91 Å². The predicted molar refractivity (Wildman–Crippen MR) is 119 cm³/mol. The third-order valence-corrected chi connectivity index (χ3v) is 6.32. The minimum absolute atomic E-state index is 0.00603. The van der Waals surface area contributed by atoms with Gasteiger partial charge in [-0.05, 0) is 24.3 Å². The molecule has 3 aromatic rings. The molecule has 3 rings (SSSR count). The SMILES string of the molecule is C=CCn1c(SCC(=O)N(C)Cc2ccc(Cl)s2)nnc1-c1ccccc1OC. The molecule has 0 aliphatic carbocycles. The van der Waals surface area contributed by atoms with Crippen molar-refractivity contribution in [3.05, 3.63) is 58.3 Å². The van der Waals surface area contributed by atoms with Crippen molar-refractivity contribution in [3.8, 4) is 17.1 Å². The molecule has 9 heteroatoms. The molecule has 0 aliphatic heterocycles. The highest BCUT2D eigenvalue weighted by Crippen LogP contribution is 2.31. The van der Waals surface area contributed by atoms with E-state index in [-0.39, 0.29) is 11.7 Å². The summed E-state index contributed by atoms with van der Waals surface area (Å²) < 4.78 is 8.10. The van der Waals surface area contributed by atoms with Gasteiger partial charge in [0, 0.05) is 18.5 Å². The zero-order chi connectivity index (χ0) is 20.8. The second-order valence-electron chi connectivity index (χ2n) is 6.15. The second kappa shape index (κ2) is 9.96. The van der Waals surface area contributed by atoms with Crippen molar-refractivity contribution in [2.45, 2.75) is 18.2 Å². The van der Waals surface area contributed by atoms with Crippen LogP contribution < -0.4 is 4.74 Å². The molecule has 0 bridgehead atoms. The fourth-order valence-electron chi connectivity index (χ4n) is 2.71. The Kier molecular flexibility index (Phi) is 7.35. The first kappa shape index (κ1) is 21.4. The number of rotatable bonds is 9. The molecule has 0 fully saturated rings. The Hall–Kier alpha value is -2.29. The lowest BCUT2D eigenvalue weighted by Gasteiger charge is -2.16. The lowest BCUT2D eigenvalue weighted by Crippen LogP contribution is -2.27. The van der Waals surface area contributed by atoms with E-state index in [9.17, 15) is 4.79 Å². The van der Waals surface area contributed by atoms with Gasteiger partial charge in [-0.2, -0.15) is 0 Å². The van der Waals surface area contributed by atoms with E-state index in [1.54, 1.807) is 25.1 Å². The van der Waals surface area contributed by atoms with E-state index in [1.807, 2.05) is 41.0 Å². The van der Waals surface area contributed by atoms with Crippen LogP contribution in [0.4, 0.5) is 0 Å². The van der Waals surface area contributed by atoms with E-state index >= 15 is 0 Å². The molecule has 1 amide bonds. The third kappa shape index (κ3) is 5.20. The van der Waals surface area contributed by atoms with Gasteiger partial charge in [0.25, 0.3) is 0 Å². The number of benzene rings is 1. The first-order valence-electron chi connectivity index (χ1n) is 8.82. The van der Waals surface area contributed by atoms with Gasteiger partial charge in [0.15, 0.2) is 11.0 Å². The van der Waals surface area contributed by atoms with Crippen LogP contribution in [0.2, 0.25) is 4.34 Å². The normalized spacial score (nSPS) is 10.7. The van der Waals surface area contributed by atoms with Gasteiger partial charge in [-0.25, -0.2) is 0 Å². The summed E-state index contributed by atoms with van der Waals surface area (Å²) in [5, 5.41) is 9.28. The lowest BCUT2D eigenvalue weighted by molar-refractivity contribution is -0.127. The molecular weight excluding hydrogens is 428 g/mol. The van der Waals surface area contributed by atoms with Crippen LogP contribution in [0.15, 0.2) is 54.2 Å². The number of methoxy groups -OCH3 is 1. The average molecular weight is 449 g/mol. The topological polar surface area (TPSA) is 60.2 Å². The summed E-state index contributed by atoms with van der Waals surface area (Å²) in [5.74, 6) is 1.66. The highest BCUT2D eigenvalue weighted by atomic mass is 35.5. The summed E-state index contributed by atoms with van der Waals surface area (Å²) >= 11 is 8.79. The van der Waals surface area contributed by atoms with E-state index in [0.29, 0.717) is 29.8 Å². The maximum absolute atomic E-state index is 12.6. The Bertz CT molecular complexity index is 1000. The molecular formula is C20H21ClN4O2S2. The van der Waals surface area contributed by atoms with Crippen molar-refractivity contribution < 1.29 is 9.53 Å². The number of para-hydroxylation sites is 1. The van der Waals surface area contributed by atoms with Crippen LogP contribution in [0.5, 0.6) is 5.75 Å². The first-order chi connectivity index (χ1) is 14.0. The Labute approximate surface area is 183 Å². The number of carbonyl (C=O) groups excluding carboxylic acids is 1.